The Morgan fingerprint density at radius 3 is 2.54 bits per heavy atom. The van der Waals surface area contributed by atoms with E-state index in [4.69, 9.17) is 0 Å². The molecule has 0 radical (unpaired) electrons. The van der Waals surface area contributed by atoms with E-state index in [9.17, 15) is 14.3 Å². The maximum absolute atomic E-state index is 13.0. The number of hydrogen-bond acceptors (Lipinski definition) is 4. The summed E-state index contributed by atoms with van der Waals surface area (Å²) in [7, 11) is 0. The second kappa shape index (κ2) is 7.23. The van der Waals surface area contributed by atoms with Gasteiger partial charge in [0.15, 0.2) is 5.13 Å². The van der Waals surface area contributed by atoms with Crippen molar-refractivity contribution in [3.8, 4) is 11.3 Å². The first kappa shape index (κ1) is 16.1. The number of anilines is 1. The zero-order valence-electron chi connectivity index (χ0n) is 12.6. The highest BCUT2D eigenvalue weighted by Crippen LogP contribution is 2.25. The van der Waals surface area contributed by atoms with Crippen LogP contribution in [-0.2, 0) is 11.2 Å². The van der Waals surface area contributed by atoms with Gasteiger partial charge in [-0.2, -0.15) is 0 Å². The van der Waals surface area contributed by atoms with Gasteiger partial charge >= 0.3 is 5.97 Å². The van der Waals surface area contributed by atoms with Crippen molar-refractivity contribution in [1.82, 2.24) is 4.98 Å². The molecular weight excluding hydrogens is 327 g/mol. The number of aromatic nitrogens is 1. The van der Waals surface area contributed by atoms with Crippen molar-refractivity contribution in [2.24, 2.45) is 0 Å². The molecule has 3 rings (SSSR count). The van der Waals surface area contributed by atoms with E-state index in [2.05, 4.69) is 10.3 Å². The lowest BCUT2D eigenvalue weighted by Crippen LogP contribution is -2.31. The van der Waals surface area contributed by atoms with Crippen LogP contribution in [0.3, 0.4) is 0 Å². The summed E-state index contributed by atoms with van der Waals surface area (Å²) in [5.74, 6) is -1.32. The minimum atomic E-state index is -0.976. The molecule has 0 aliphatic carbocycles. The summed E-state index contributed by atoms with van der Waals surface area (Å²) in [6, 6.07) is 14.7. The average Bonchev–Trinajstić information content (AvgIpc) is 3.05. The number of benzene rings is 2. The molecule has 122 valence electrons. The Bertz CT molecular complexity index is 819. The smallest absolute Gasteiger partial charge is 0.326 e. The van der Waals surface area contributed by atoms with Crippen LogP contribution in [0.1, 0.15) is 5.56 Å². The van der Waals surface area contributed by atoms with Crippen molar-refractivity contribution >= 4 is 22.4 Å². The quantitative estimate of drug-likeness (QED) is 0.709. The Morgan fingerprint density at radius 2 is 1.88 bits per heavy atom. The first-order chi connectivity index (χ1) is 11.6. The van der Waals surface area contributed by atoms with Crippen LogP contribution in [0.2, 0.25) is 0 Å². The van der Waals surface area contributed by atoms with E-state index in [1.54, 1.807) is 12.1 Å². The van der Waals surface area contributed by atoms with Gasteiger partial charge in [0, 0.05) is 17.4 Å². The molecule has 0 amide bonds. The number of hydrogen-bond donors (Lipinski definition) is 2. The Hall–Kier alpha value is -2.73. The Balaban J connectivity index is 1.73. The van der Waals surface area contributed by atoms with E-state index < -0.39 is 12.0 Å². The molecule has 0 fully saturated rings. The van der Waals surface area contributed by atoms with E-state index in [0.29, 0.717) is 5.13 Å². The molecule has 0 aliphatic heterocycles. The van der Waals surface area contributed by atoms with Crippen molar-refractivity contribution in [1.29, 1.82) is 0 Å². The molecule has 1 aromatic heterocycles. The van der Waals surface area contributed by atoms with Gasteiger partial charge in [0.2, 0.25) is 0 Å². The van der Waals surface area contributed by atoms with Crippen molar-refractivity contribution in [3.05, 3.63) is 71.4 Å². The molecule has 3 aromatic rings. The second-order valence-corrected chi connectivity index (χ2v) is 6.13. The van der Waals surface area contributed by atoms with Gasteiger partial charge in [-0.15, -0.1) is 11.3 Å². The summed E-state index contributed by atoms with van der Waals surface area (Å²) < 4.78 is 13.0. The number of nitrogens with zero attached hydrogens (tertiary/aromatic N) is 1. The Morgan fingerprint density at radius 1 is 1.17 bits per heavy atom. The topological polar surface area (TPSA) is 62.2 Å². The fraction of sp³-hybridized carbons (Fsp3) is 0.111. The van der Waals surface area contributed by atoms with Crippen LogP contribution >= 0.6 is 11.3 Å². The highest BCUT2D eigenvalue weighted by molar-refractivity contribution is 7.14. The maximum Gasteiger partial charge on any atom is 0.326 e. The third-order valence-corrected chi connectivity index (χ3v) is 4.30. The maximum atomic E-state index is 13.0. The van der Waals surface area contributed by atoms with E-state index in [1.807, 2.05) is 35.7 Å². The molecular formula is C18H15FN2O2S. The van der Waals surface area contributed by atoms with Crippen LogP contribution < -0.4 is 5.32 Å². The normalized spacial score (nSPS) is 11.9. The molecule has 1 atom stereocenters. The molecule has 0 saturated carbocycles. The highest BCUT2D eigenvalue weighted by atomic mass is 32.1. The number of rotatable bonds is 6. The molecule has 2 N–H and O–H groups in total. The van der Waals surface area contributed by atoms with E-state index in [-0.39, 0.29) is 12.2 Å². The molecule has 1 heterocycles. The standard InChI is InChI=1S/C18H15FN2O2S/c19-14-8-6-12(7-9-14)10-15(17(22)23)20-18-21-16(11-24-18)13-4-2-1-3-5-13/h1-9,11,15H,10H2,(H,20,21)(H,22,23). The summed E-state index contributed by atoms with van der Waals surface area (Å²) in [5.41, 5.74) is 2.53. The first-order valence-corrected chi connectivity index (χ1v) is 8.24. The van der Waals surface area contributed by atoms with Crippen LogP contribution in [-0.4, -0.2) is 22.1 Å². The lowest BCUT2D eigenvalue weighted by Gasteiger charge is -2.13. The van der Waals surface area contributed by atoms with Crippen molar-refractivity contribution in [3.63, 3.8) is 0 Å². The van der Waals surface area contributed by atoms with Crippen LogP contribution in [0.5, 0.6) is 0 Å². The van der Waals surface area contributed by atoms with E-state index >= 15 is 0 Å². The minimum absolute atomic E-state index is 0.246. The first-order valence-electron chi connectivity index (χ1n) is 7.36. The lowest BCUT2D eigenvalue weighted by molar-refractivity contribution is -0.137. The van der Waals surface area contributed by atoms with Gasteiger partial charge in [0.25, 0.3) is 0 Å². The van der Waals surface area contributed by atoms with Crippen molar-refractivity contribution < 1.29 is 14.3 Å². The van der Waals surface area contributed by atoms with E-state index in [0.717, 1.165) is 16.8 Å². The lowest BCUT2D eigenvalue weighted by atomic mass is 10.1. The summed E-state index contributed by atoms with van der Waals surface area (Å²) in [4.78, 5) is 15.9. The van der Waals surface area contributed by atoms with E-state index in [1.165, 1.54) is 23.5 Å². The van der Waals surface area contributed by atoms with Crippen LogP contribution in [0, 0.1) is 5.82 Å². The zero-order chi connectivity index (χ0) is 16.9. The molecule has 2 aromatic carbocycles. The number of nitrogens with one attached hydrogen (secondary N) is 1. The van der Waals surface area contributed by atoms with Gasteiger partial charge < -0.3 is 10.4 Å². The number of carboxylic acid groups (broad SMARTS) is 1. The van der Waals surface area contributed by atoms with Crippen LogP contribution in [0.25, 0.3) is 11.3 Å². The van der Waals surface area contributed by atoms with Gasteiger partial charge in [-0.1, -0.05) is 42.5 Å². The molecule has 0 aliphatic rings. The van der Waals surface area contributed by atoms with Gasteiger partial charge in [-0.05, 0) is 17.7 Å². The predicted octanol–water partition coefficient (Wildman–Crippen LogP) is 4.06. The Kier molecular flexibility index (Phi) is 4.86. The largest absolute Gasteiger partial charge is 0.480 e. The van der Waals surface area contributed by atoms with Crippen molar-refractivity contribution in [2.75, 3.05) is 5.32 Å². The zero-order valence-corrected chi connectivity index (χ0v) is 13.5. The Labute approximate surface area is 142 Å². The molecule has 0 saturated heterocycles. The predicted molar refractivity (Wildman–Crippen MR) is 92.7 cm³/mol. The number of halogens is 1. The summed E-state index contributed by atoms with van der Waals surface area (Å²) in [6.45, 7) is 0. The monoisotopic (exact) mass is 342 g/mol. The average molecular weight is 342 g/mol. The molecule has 0 spiro atoms. The van der Waals surface area contributed by atoms with Crippen molar-refractivity contribution in [2.45, 2.75) is 12.5 Å². The second-order valence-electron chi connectivity index (χ2n) is 5.27. The summed E-state index contributed by atoms with van der Waals surface area (Å²) >= 11 is 1.36. The molecule has 1 unspecified atom stereocenters. The summed E-state index contributed by atoms with van der Waals surface area (Å²) in [6.07, 6.45) is 0.246. The van der Waals surface area contributed by atoms with Gasteiger partial charge in [-0.25, -0.2) is 14.2 Å². The number of carboxylic acids is 1. The SMILES string of the molecule is O=C(O)C(Cc1ccc(F)cc1)Nc1nc(-c2ccccc2)cs1. The molecule has 24 heavy (non-hydrogen) atoms. The van der Waals surface area contributed by atoms with Gasteiger partial charge in [0.05, 0.1) is 5.69 Å². The third-order valence-electron chi connectivity index (χ3n) is 3.52. The van der Waals surface area contributed by atoms with Crippen LogP contribution in [0.4, 0.5) is 9.52 Å². The van der Waals surface area contributed by atoms with Gasteiger partial charge in [-0.3, -0.25) is 0 Å². The minimum Gasteiger partial charge on any atom is -0.480 e. The number of aliphatic carboxylic acids is 1. The third kappa shape index (κ3) is 3.97. The molecule has 6 heteroatoms. The fourth-order valence-electron chi connectivity index (χ4n) is 2.29. The molecule has 4 nitrogen and oxygen atoms in total. The number of thiazole rings is 1. The molecule has 0 bridgehead atoms. The van der Waals surface area contributed by atoms with Crippen LogP contribution in [0.15, 0.2) is 60.0 Å². The van der Waals surface area contributed by atoms with Gasteiger partial charge in [0.1, 0.15) is 11.9 Å². The highest BCUT2D eigenvalue weighted by Gasteiger charge is 2.19. The number of carbonyl (C=O) groups is 1. The summed E-state index contributed by atoms with van der Waals surface area (Å²) in [5, 5.41) is 14.8. The fourth-order valence-corrected chi connectivity index (χ4v) is 3.06.